The van der Waals surface area contributed by atoms with Crippen molar-refractivity contribution in [2.24, 2.45) is 0 Å². The molecule has 0 radical (unpaired) electrons. The monoisotopic (exact) mass is 279 g/mol. The molecule has 5 heteroatoms. The molecule has 0 atom stereocenters. The molecule has 0 amide bonds. The highest BCUT2D eigenvalue weighted by Gasteiger charge is 2.10. The van der Waals surface area contributed by atoms with Crippen LogP contribution >= 0.6 is 0 Å². The predicted octanol–water partition coefficient (Wildman–Crippen LogP) is 2.34. The number of anilines is 1. The molecule has 0 aliphatic carbocycles. The number of carboxylic acid groups (broad SMARTS) is 1. The topological polar surface area (TPSA) is 56.7 Å². The molecule has 20 heavy (non-hydrogen) atoms. The lowest BCUT2D eigenvalue weighted by Gasteiger charge is -2.25. The molecule has 0 fully saturated rings. The van der Waals surface area contributed by atoms with E-state index in [1.165, 1.54) is 0 Å². The zero-order valence-electron chi connectivity index (χ0n) is 12.7. The van der Waals surface area contributed by atoms with Gasteiger partial charge in [-0.2, -0.15) is 0 Å². The minimum absolute atomic E-state index is 0.102. The highest BCUT2D eigenvalue weighted by molar-refractivity contribution is 5.86. The summed E-state index contributed by atoms with van der Waals surface area (Å²) in [6.07, 6.45) is 2.63. The molecule has 1 heterocycles. The van der Waals surface area contributed by atoms with Gasteiger partial charge in [0.2, 0.25) is 0 Å². The second-order valence-electron chi connectivity index (χ2n) is 4.66. The van der Waals surface area contributed by atoms with Gasteiger partial charge in [-0.3, -0.25) is 0 Å². The van der Waals surface area contributed by atoms with Crippen LogP contribution in [0.15, 0.2) is 18.3 Å². The second kappa shape index (κ2) is 8.53. The van der Waals surface area contributed by atoms with Crippen molar-refractivity contribution in [1.82, 2.24) is 9.88 Å². The molecule has 0 aliphatic rings. The van der Waals surface area contributed by atoms with E-state index in [1.807, 2.05) is 6.07 Å². The summed E-state index contributed by atoms with van der Waals surface area (Å²) >= 11 is 0. The Morgan fingerprint density at radius 2 is 1.90 bits per heavy atom. The molecular weight excluding hydrogens is 254 g/mol. The molecule has 0 saturated carbocycles. The summed E-state index contributed by atoms with van der Waals surface area (Å²) in [5.41, 5.74) is 1.03. The van der Waals surface area contributed by atoms with Crippen molar-refractivity contribution in [2.45, 2.75) is 27.2 Å². The number of rotatable bonds is 9. The van der Waals surface area contributed by atoms with Crippen LogP contribution < -0.4 is 4.90 Å². The van der Waals surface area contributed by atoms with Crippen LogP contribution in [0.2, 0.25) is 0 Å². The summed E-state index contributed by atoms with van der Waals surface area (Å²) in [5, 5.41) is 8.99. The van der Waals surface area contributed by atoms with Crippen molar-refractivity contribution in [3.05, 3.63) is 24.0 Å². The fraction of sp³-hybridized carbons (Fsp3) is 0.600. The summed E-state index contributed by atoms with van der Waals surface area (Å²) in [7, 11) is 0. The fourth-order valence-electron chi connectivity index (χ4n) is 2.23. The fourth-order valence-corrected chi connectivity index (χ4v) is 2.23. The van der Waals surface area contributed by atoms with Gasteiger partial charge >= 0.3 is 5.97 Å². The number of carbonyl (C=O) groups is 1. The Bertz CT molecular complexity index is 419. The first kappa shape index (κ1) is 16.4. The van der Waals surface area contributed by atoms with Crippen LogP contribution in [0, 0.1) is 0 Å². The Kier molecular flexibility index (Phi) is 7.01. The largest absolute Gasteiger partial charge is 0.477 e. The summed E-state index contributed by atoms with van der Waals surface area (Å²) in [4.78, 5) is 19.4. The summed E-state index contributed by atoms with van der Waals surface area (Å²) < 4.78 is 0. The van der Waals surface area contributed by atoms with Gasteiger partial charge in [-0.1, -0.05) is 13.8 Å². The van der Waals surface area contributed by atoms with Gasteiger partial charge in [-0.15, -0.1) is 0 Å². The number of pyridine rings is 1. The summed E-state index contributed by atoms with van der Waals surface area (Å²) in [5.74, 6) is -0.981. The zero-order chi connectivity index (χ0) is 15.0. The van der Waals surface area contributed by atoms with E-state index < -0.39 is 5.97 Å². The van der Waals surface area contributed by atoms with Gasteiger partial charge in [-0.25, -0.2) is 9.78 Å². The number of hydrogen-bond donors (Lipinski definition) is 1. The van der Waals surface area contributed by atoms with Gasteiger partial charge in [-0.05, 0) is 45.1 Å². The lowest BCUT2D eigenvalue weighted by molar-refractivity contribution is 0.0690. The Balaban J connectivity index is 2.62. The maximum Gasteiger partial charge on any atom is 0.354 e. The van der Waals surface area contributed by atoms with Crippen LogP contribution in [-0.4, -0.2) is 53.7 Å². The summed E-state index contributed by atoms with van der Waals surface area (Å²) in [6, 6.07) is 3.51. The van der Waals surface area contributed by atoms with E-state index in [0.29, 0.717) is 0 Å². The Hall–Kier alpha value is -1.62. The molecule has 1 rings (SSSR count). The van der Waals surface area contributed by atoms with Crippen LogP contribution in [0.5, 0.6) is 0 Å². The van der Waals surface area contributed by atoms with Gasteiger partial charge < -0.3 is 14.9 Å². The van der Waals surface area contributed by atoms with Crippen molar-refractivity contribution in [3.63, 3.8) is 0 Å². The van der Waals surface area contributed by atoms with Gasteiger partial charge in [0, 0.05) is 25.0 Å². The minimum atomic E-state index is -0.981. The average Bonchev–Trinajstić information content (AvgIpc) is 2.48. The molecule has 1 aromatic heterocycles. The SMILES string of the molecule is CCN(CC)CCCN(CC)c1ccnc(C(=O)O)c1. The molecule has 1 aromatic rings. The van der Waals surface area contributed by atoms with E-state index in [0.717, 1.165) is 44.8 Å². The molecule has 112 valence electrons. The van der Waals surface area contributed by atoms with Gasteiger partial charge in [0.15, 0.2) is 0 Å². The Labute approximate surface area is 121 Å². The lowest BCUT2D eigenvalue weighted by atomic mass is 10.2. The number of carboxylic acids is 1. The molecular formula is C15H25N3O2. The molecule has 0 unspecified atom stereocenters. The maximum atomic E-state index is 11.0. The third-order valence-corrected chi connectivity index (χ3v) is 3.51. The Morgan fingerprint density at radius 1 is 1.20 bits per heavy atom. The van der Waals surface area contributed by atoms with Crippen LogP contribution in [0.1, 0.15) is 37.7 Å². The van der Waals surface area contributed by atoms with Crippen molar-refractivity contribution < 1.29 is 9.90 Å². The number of aromatic carboxylic acids is 1. The standard InChI is InChI=1S/C15H25N3O2/c1-4-17(5-2)10-7-11-18(6-3)13-8-9-16-14(12-13)15(19)20/h8-9,12H,4-7,10-11H2,1-3H3,(H,19,20). The van der Waals surface area contributed by atoms with Crippen LogP contribution in [0.25, 0.3) is 0 Å². The highest BCUT2D eigenvalue weighted by atomic mass is 16.4. The van der Waals surface area contributed by atoms with Gasteiger partial charge in [0.25, 0.3) is 0 Å². The van der Waals surface area contributed by atoms with E-state index >= 15 is 0 Å². The van der Waals surface area contributed by atoms with E-state index in [1.54, 1.807) is 12.3 Å². The molecule has 0 saturated heterocycles. The third-order valence-electron chi connectivity index (χ3n) is 3.51. The molecule has 0 bridgehead atoms. The van der Waals surface area contributed by atoms with E-state index in [2.05, 4.69) is 35.6 Å². The van der Waals surface area contributed by atoms with Crippen LogP contribution in [-0.2, 0) is 0 Å². The smallest absolute Gasteiger partial charge is 0.354 e. The molecule has 1 N–H and O–H groups in total. The zero-order valence-corrected chi connectivity index (χ0v) is 12.7. The van der Waals surface area contributed by atoms with Gasteiger partial charge in [0.1, 0.15) is 5.69 Å². The lowest BCUT2D eigenvalue weighted by Crippen LogP contribution is -2.30. The molecule has 0 aromatic carbocycles. The molecule has 0 spiro atoms. The Morgan fingerprint density at radius 3 is 2.45 bits per heavy atom. The normalized spacial score (nSPS) is 10.8. The predicted molar refractivity (Wildman–Crippen MR) is 81.5 cm³/mol. The van der Waals surface area contributed by atoms with Crippen molar-refractivity contribution >= 4 is 11.7 Å². The first-order valence-corrected chi connectivity index (χ1v) is 7.28. The third kappa shape index (κ3) is 4.81. The van der Waals surface area contributed by atoms with Crippen molar-refractivity contribution in [1.29, 1.82) is 0 Å². The van der Waals surface area contributed by atoms with E-state index in [4.69, 9.17) is 5.11 Å². The number of aromatic nitrogens is 1. The second-order valence-corrected chi connectivity index (χ2v) is 4.66. The first-order valence-electron chi connectivity index (χ1n) is 7.28. The van der Waals surface area contributed by atoms with Crippen molar-refractivity contribution in [2.75, 3.05) is 37.6 Å². The summed E-state index contributed by atoms with van der Waals surface area (Å²) in [6.45, 7) is 11.4. The maximum absolute atomic E-state index is 11.0. The average molecular weight is 279 g/mol. The highest BCUT2D eigenvalue weighted by Crippen LogP contribution is 2.15. The van der Waals surface area contributed by atoms with E-state index in [-0.39, 0.29) is 5.69 Å². The van der Waals surface area contributed by atoms with Crippen molar-refractivity contribution in [3.8, 4) is 0 Å². The van der Waals surface area contributed by atoms with E-state index in [9.17, 15) is 4.79 Å². The molecule has 0 aliphatic heterocycles. The number of nitrogens with zero attached hydrogens (tertiary/aromatic N) is 3. The van der Waals surface area contributed by atoms with Gasteiger partial charge in [0.05, 0.1) is 0 Å². The molecule has 5 nitrogen and oxygen atoms in total. The number of hydrogen-bond acceptors (Lipinski definition) is 4. The first-order chi connectivity index (χ1) is 9.62. The minimum Gasteiger partial charge on any atom is -0.477 e. The quantitative estimate of drug-likeness (QED) is 0.752. The van der Waals surface area contributed by atoms with Crippen LogP contribution in [0.4, 0.5) is 5.69 Å². The van der Waals surface area contributed by atoms with Crippen LogP contribution in [0.3, 0.4) is 0 Å².